The maximum absolute atomic E-state index is 9.97. The zero-order valence-corrected chi connectivity index (χ0v) is 25.8. The predicted octanol–water partition coefficient (Wildman–Crippen LogP) is 11.0. The number of aromatic nitrogens is 2. The highest BCUT2D eigenvalue weighted by atomic mass is 15.0. The topological polar surface area (TPSA) is 57.4 Å². The Balaban J connectivity index is 1.23. The summed E-state index contributed by atoms with van der Waals surface area (Å²) < 4.78 is 4.53. The molecule has 0 saturated carbocycles. The number of hydrogen-bond acceptors (Lipinski definition) is 2. The summed E-state index contributed by atoms with van der Waals surface area (Å²) in [5.41, 5.74) is 11.9. The van der Waals surface area contributed by atoms with Crippen molar-refractivity contribution in [1.29, 1.82) is 10.5 Å². The lowest BCUT2D eigenvalue weighted by Gasteiger charge is -2.18. The third kappa shape index (κ3) is 4.14. The van der Waals surface area contributed by atoms with Crippen LogP contribution in [0.5, 0.6) is 0 Å². The minimum absolute atomic E-state index is 0.614. The maximum Gasteiger partial charge on any atom is 0.0992 e. The third-order valence-electron chi connectivity index (χ3n) is 9.40. The standard InChI is InChI=1S/C44H26N4/c45-27-29-18-24-39-37-13-3-6-14-40(37)47(43(39)25-29)32-21-19-31(20-22-32)33-9-1-2-10-34(33)38-23-17-30(28-46)26-44(38)48-41-15-7-4-11-35(41)36-12-5-8-16-42(36)48/h1-26H. The van der Waals surface area contributed by atoms with Gasteiger partial charge < -0.3 is 9.13 Å². The number of hydrogen-bond donors (Lipinski definition) is 0. The quantitative estimate of drug-likeness (QED) is 0.199. The number of fused-ring (bicyclic) bond motifs is 6. The van der Waals surface area contributed by atoms with Gasteiger partial charge in [0.1, 0.15) is 0 Å². The number of para-hydroxylation sites is 3. The highest BCUT2D eigenvalue weighted by molar-refractivity contribution is 6.11. The number of nitrogens with zero attached hydrogens (tertiary/aromatic N) is 4. The average Bonchev–Trinajstić information content (AvgIpc) is 3.67. The van der Waals surface area contributed by atoms with Gasteiger partial charge in [-0.3, -0.25) is 0 Å². The lowest BCUT2D eigenvalue weighted by Crippen LogP contribution is -1.99. The van der Waals surface area contributed by atoms with Crippen LogP contribution in [0.25, 0.3) is 77.2 Å². The van der Waals surface area contributed by atoms with E-state index in [0.717, 1.165) is 66.5 Å². The van der Waals surface area contributed by atoms with Gasteiger partial charge in [0.2, 0.25) is 0 Å². The minimum atomic E-state index is 0.614. The molecule has 0 fully saturated rings. The van der Waals surface area contributed by atoms with E-state index in [1.54, 1.807) is 0 Å². The number of nitriles is 2. The van der Waals surface area contributed by atoms with Crippen LogP contribution in [0.4, 0.5) is 0 Å². The van der Waals surface area contributed by atoms with Crippen molar-refractivity contribution in [3.05, 3.63) is 169 Å². The summed E-state index contributed by atoms with van der Waals surface area (Å²) in [6.07, 6.45) is 0. The molecule has 0 aliphatic carbocycles. The smallest absolute Gasteiger partial charge is 0.0992 e. The fraction of sp³-hybridized carbons (Fsp3) is 0. The molecule has 0 aliphatic rings. The van der Waals surface area contributed by atoms with E-state index >= 15 is 0 Å². The first kappa shape index (κ1) is 27.4. The molecule has 4 heteroatoms. The Labute approximate surface area is 277 Å². The summed E-state index contributed by atoms with van der Waals surface area (Å²) in [5.74, 6) is 0. The molecule has 0 N–H and O–H groups in total. The van der Waals surface area contributed by atoms with E-state index in [0.29, 0.717) is 11.1 Å². The van der Waals surface area contributed by atoms with Crippen LogP contribution in [0.15, 0.2) is 158 Å². The van der Waals surface area contributed by atoms with Gasteiger partial charge in [0, 0.05) is 32.8 Å². The zero-order valence-electron chi connectivity index (χ0n) is 25.8. The van der Waals surface area contributed by atoms with Crippen molar-refractivity contribution < 1.29 is 0 Å². The molecule has 7 aromatic carbocycles. The summed E-state index contributed by atoms with van der Waals surface area (Å²) in [4.78, 5) is 0. The van der Waals surface area contributed by atoms with E-state index in [-0.39, 0.29) is 0 Å². The molecule has 0 atom stereocenters. The summed E-state index contributed by atoms with van der Waals surface area (Å²) in [6, 6.07) is 59.0. The normalized spacial score (nSPS) is 11.3. The van der Waals surface area contributed by atoms with Crippen molar-refractivity contribution in [3.63, 3.8) is 0 Å². The van der Waals surface area contributed by atoms with Crippen LogP contribution in [-0.4, -0.2) is 9.13 Å². The molecule has 9 aromatic rings. The molecule has 9 rings (SSSR count). The number of benzene rings is 7. The van der Waals surface area contributed by atoms with Crippen LogP contribution in [0.3, 0.4) is 0 Å². The maximum atomic E-state index is 9.97. The second-order valence-corrected chi connectivity index (χ2v) is 12.0. The van der Waals surface area contributed by atoms with Gasteiger partial charge >= 0.3 is 0 Å². The van der Waals surface area contributed by atoms with Gasteiger partial charge in [-0.25, -0.2) is 0 Å². The van der Waals surface area contributed by atoms with Crippen LogP contribution in [0.2, 0.25) is 0 Å². The summed E-state index contributed by atoms with van der Waals surface area (Å²) in [6.45, 7) is 0. The van der Waals surface area contributed by atoms with Crippen LogP contribution in [0.1, 0.15) is 11.1 Å². The molecular formula is C44H26N4. The van der Waals surface area contributed by atoms with Gasteiger partial charge in [0.05, 0.1) is 51.0 Å². The Morgan fingerprint density at radius 2 is 0.875 bits per heavy atom. The molecule has 222 valence electrons. The Kier molecular flexibility index (Phi) is 6.22. The van der Waals surface area contributed by atoms with Gasteiger partial charge in [0.25, 0.3) is 0 Å². The third-order valence-corrected chi connectivity index (χ3v) is 9.40. The van der Waals surface area contributed by atoms with Crippen molar-refractivity contribution in [3.8, 4) is 45.8 Å². The lowest BCUT2D eigenvalue weighted by molar-refractivity contribution is 1.18. The van der Waals surface area contributed by atoms with Gasteiger partial charge in [-0.05, 0) is 71.3 Å². The Morgan fingerprint density at radius 3 is 1.50 bits per heavy atom. The van der Waals surface area contributed by atoms with Gasteiger partial charge in [-0.15, -0.1) is 0 Å². The molecule has 0 unspecified atom stereocenters. The minimum Gasteiger partial charge on any atom is -0.309 e. The first-order valence-electron chi connectivity index (χ1n) is 15.9. The Morgan fingerprint density at radius 1 is 0.375 bits per heavy atom. The molecular weight excluding hydrogens is 585 g/mol. The average molecular weight is 611 g/mol. The van der Waals surface area contributed by atoms with E-state index in [2.05, 4.69) is 149 Å². The predicted molar refractivity (Wildman–Crippen MR) is 195 cm³/mol. The van der Waals surface area contributed by atoms with Crippen molar-refractivity contribution >= 4 is 43.6 Å². The molecule has 0 saturated heterocycles. The highest BCUT2D eigenvalue weighted by Crippen LogP contribution is 2.40. The molecule has 0 amide bonds. The SMILES string of the molecule is N#Cc1ccc(-c2ccccc2-c2ccc(-n3c4ccccc4c4ccc(C#N)cc43)cc2)c(-n2c3ccccc3c3ccccc32)c1. The van der Waals surface area contributed by atoms with Crippen LogP contribution >= 0.6 is 0 Å². The Bertz CT molecular complexity index is 2750. The summed E-state index contributed by atoms with van der Waals surface area (Å²) >= 11 is 0. The molecule has 48 heavy (non-hydrogen) atoms. The molecule has 4 nitrogen and oxygen atoms in total. The summed E-state index contributed by atoms with van der Waals surface area (Å²) in [5, 5.41) is 24.3. The molecule has 2 aromatic heterocycles. The highest BCUT2D eigenvalue weighted by Gasteiger charge is 2.19. The fourth-order valence-corrected chi connectivity index (χ4v) is 7.27. The van der Waals surface area contributed by atoms with E-state index in [4.69, 9.17) is 0 Å². The molecule has 2 heterocycles. The second kappa shape index (κ2) is 10.9. The zero-order chi connectivity index (χ0) is 32.2. The van der Waals surface area contributed by atoms with Gasteiger partial charge in [-0.1, -0.05) is 103 Å². The van der Waals surface area contributed by atoms with E-state index in [1.807, 2.05) is 30.3 Å². The van der Waals surface area contributed by atoms with E-state index in [9.17, 15) is 10.5 Å². The van der Waals surface area contributed by atoms with Crippen LogP contribution in [0, 0.1) is 22.7 Å². The van der Waals surface area contributed by atoms with Crippen molar-refractivity contribution in [2.24, 2.45) is 0 Å². The van der Waals surface area contributed by atoms with Gasteiger partial charge in [-0.2, -0.15) is 10.5 Å². The van der Waals surface area contributed by atoms with Gasteiger partial charge in [0.15, 0.2) is 0 Å². The first-order valence-corrected chi connectivity index (χ1v) is 15.9. The van der Waals surface area contributed by atoms with Crippen molar-refractivity contribution in [1.82, 2.24) is 9.13 Å². The monoisotopic (exact) mass is 610 g/mol. The van der Waals surface area contributed by atoms with Crippen molar-refractivity contribution in [2.45, 2.75) is 0 Å². The second-order valence-electron chi connectivity index (χ2n) is 12.0. The fourth-order valence-electron chi connectivity index (χ4n) is 7.27. The molecule has 0 spiro atoms. The number of rotatable bonds is 4. The molecule has 0 aliphatic heterocycles. The Hall–Kier alpha value is -6.88. The van der Waals surface area contributed by atoms with E-state index in [1.165, 1.54) is 10.8 Å². The lowest BCUT2D eigenvalue weighted by atomic mass is 9.92. The summed E-state index contributed by atoms with van der Waals surface area (Å²) in [7, 11) is 0. The largest absolute Gasteiger partial charge is 0.309 e. The molecule has 0 radical (unpaired) electrons. The first-order chi connectivity index (χ1) is 23.7. The van der Waals surface area contributed by atoms with E-state index < -0.39 is 0 Å². The molecule has 0 bridgehead atoms. The van der Waals surface area contributed by atoms with Crippen molar-refractivity contribution in [2.75, 3.05) is 0 Å². The van der Waals surface area contributed by atoms with Crippen LogP contribution < -0.4 is 0 Å². The van der Waals surface area contributed by atoms with Crippen LogP contribution in [-0.2, 0) is 0 Å².